The Kier molecular flexibility index (Phi) is 7.50. The third-order valence-electron chi connectivity index (χ3n) is 7.48. The van der Waals surface area contributed by atoms with E-state index in [4.69, 9.17) is 9.41 Å². The molecule has 0 radical (unpaired) electrons. The van der Waals surface area contributed by atoms with Crippen LogP contribution in [0, 0.1) is 0 Å². The predicted octanol–water partition coefficient (Wildman–Crippen LogP) is 8.15. The molecular weight excluding hydrogens is 553 g/mol. The van der Waals surface area contributed by atoms with Gasteiger partial charge in [-0.05, 0) is 57.9 Å². The topological polar surface area (TPSA) is 51.2 Å². The van der Waals surface area contributed by atoms with Gasteiger partial charge in [-0.3, -0.25) is 4.79 Å². The van der Waals surface area contributed by atoms with Crippen LogP contribution >= 0.6 is 11.3 Å². The Morgan fingerprint density at radius 2 is 1.31 bits per heavy atom. The van der Waals surface area contributed by atoms with Gasteiger partial charge >= 0.3 is 8.32 Å². The lowest BCUT2D eigenvalue weighted by Gasteiger charge is -2.43. The second-order valence-electron chi connectivity index (χ2n) is 11.3. The van der Waals surface area contributed by atoms with Crippen molar-refractivity contribution in [2.24, 2.45) is 0 Å². The highest BCUT2D eigenvalue weighted by Crippen LogP contribution is 2.43. The summed E-state index contributed by atoms with van der Waals surface area (Å²) in [6.07, 6.45) is 0. The second kappa shape index (κ2) is 11.4. The van der Waals surface area contributed by atoms with Gasteiger partial charge in [0.15, 0.2) is 0 Å². The van der Waals surface area contributed by atoms with Crippen molar-refractivity contribution in [2.75, 3.05) is 5.32 Å². The molecule has 1 amide bonds. The Balaban J connectivity index is 1.53. The van der Waals surface area contributed by atoms with Crippen molar-refractivity contribution in [3.05, 3.63) is 139 Å². The lowest BCUT2D eigenvalue weighted by Crippen LogP contribution is -2.68. The number of hydrogen-bond donors (Lipinski definition) is 1. The number of hydrogen-bond acceptors (Lipinski definition) is 4. The predicted molar refractivity (Wildman–Crippen MR) is 178 cm³/mol. The molecule has 208 valence electrons. The van der Waals surface area contributed by atoms with E-state index in [2.05, 4.69) is 80.7 Å². The quantitative estimate of drug-likeness (QED) is 0.193. The van der Waals surface area contributed by atoms with Gasteiger partial charge in [0.1, 0.15) is 10.8 Å². The zero-order valence-corrected chi connectivity index (χ0v) is 25.7. The van der Waals surface area contributed by atoms with Crippen molar-refractivity contribution in [3.63, 3.8) is 0 Å². The fraction of sp³-hybridized carbons (Fsp3) is 0.111. The maximum Gasteiger partial charge on any atom is 0.319 e. The molecule has 6 aromatic rings. The van der Waals surface area contributed by atoms with Crippen molar-refractivity contribution < 1.29 is 9.22 Å². The van der Waals surface area contributed by atoms with Crippen LogP contribution in [0.2, 0.25) is 5.04 Å². The van der Waals surface area contributed by atoms with E-state index in [0.29, 0.717) is 11.3 Å². The smallest absolute Gasteiger partial charge is 0.319 e. The Hall–Kier alpha value is -4.52. The average molecular weight is 585 g/mol. The van der Waals surface area contributed by atoms with Crippen LogP contribution in [0.15, 0.2) is 133 Å². The zero-order chi connectivity index (χ0) is 29.2. The zero-order valence-electron chi connectivity index (χ0n) is 23.9. The Morgan fingerprint density at radius 1 is 0.738 bits per heavy atom. The van der Waals surface area contributed by atoms with Crippen LogP contribution in [-0.2, 0) is 0 Å². The third-order valence-corrected chi connectivity index (χ3v) is 13.5. The van der Waals surface area contributed by atoms with Gasteiger partial charge in [0.05, 0.1) is 15.8 Å². The fourth-order valence-corrected chi connectivity index (χ4v) is 10.9. The maximum absolute atomic E-state index is 13.1. The molecule has 0 bridgehead atoms. The average Bonchev–Trinajstić information content (AvgIpc) is 3.45. The Labute approximate surface area is 251 Å². The summed E-state index contributed by atoms with van der Waals surface area (Å²) in [6, 6.07) is 44.5. The first kappa shape index (κ1) is 27.6. The molecule has 0 aliphatic heterocycles. The highest BCUT2D eigenvalue weighted by atomic mass is 32.1. The van der Waals surface area contributed by atoms with Gasteiger partial charge in [-0.15, -0.1) is 11.3 Å². The molecule has 5 aromatic carbocycles. The Morgan fingerprint density at radius 3 is 1.90 bits per heavy atom. The lowest BCUT2D eigenvalue weighted by molar-refractivity contribution is 0.102. The van der Waals surface area contributed by atoms with Crippen molar-refractivity contribution in [2.45, 2.75) is 25.8 Å². The van der Waals surface area contributed by atoms with Gasteiger partial charge in [-0.2, -0.15) is 0 Å². The Bertz CT molecular complexity index is 1760. The van der Waals surface area contributed by atoms with Gasteiger partial charge in [0.2, 0.25) is 0 Å². The number of nitrogens with one attached hydrogen (secondary N) is 1. The number of benzene rings is 5. The first-order valence-electron chi connectivity index (χ1n) is 14.0. The summed E-state index contributed by atoms with van der Waals surface area (Å²) in [7, 11) is -2.91. The number of rotatable bonds is 7. The van der Waals surface area contributed by atoms with Gasteiger partial charge < -0.3 is 9.74 Å². The van der Waals surface area contributed by atoms with Gasteiger partial charge in [-0.25, -0.2) is 4.98 Å². The molecular formula is C36H32N2O2SSi. The third kappa shape index (κ3) is 5.27. The number of amides is 1. The lowest BCUT2D eigenvalue weighted by atomic mass is 10.1. The minimum Gasteiger partial charge on any atom is -0.533 e. The number of aromatic nitrogens is 1. The number of carbonyl (C=O) groups excluding carboxylic acids is 1. The second-order valence-corrected chi connectivity index (χ2v) is 16.5. The van der Waals surface area contributed by atoms with Crippen LogP contribution in [0.25, 0.3) is 20.8 Å². The summed E-state index contributed by atoms with van der Waals surface area (Å²) >= 11 is 1.63. The molecule has 0 aliphatic carbocycles. The molecule has 0 aliphatic rings. The first-order chi connectivity index (χ1) is 20.3. The molecule has 0 saturated carbocycles. The normalized spacial score (nSPS) is 11.8. The fourth-order valence-electron chi connectivity index (χ4n) is 5.46. The summed E-state index contributed by atoms with van der Waals surface area (Å²) < 4.78 is 8.56. The van der Waals surface area contributed by atoms with E-state index in [1.54, 1.807) is 11.3 Å². The monoisotopic (exact) mass is 584 g/mol. The van der Waals surface area contributed by atoms with Crippen LogP contribution < -0.4 is 20.1 Å². The summed E-state index contributed by atoms with van der Waals surface area (Å²) in [4.78, 5) is 18.1. The standard InChI is InChI=1S/C36H32N2O2SSi/c1-36(2,3)42(28-17-9-5-10-18-28,29-19-11-6-12-20-29)40-32-24-23-27(37-34(39)26-15-7-4-8-16-26)25-30(32)35-38-31-21-13-14-22-33(31)41-35/h4-25H,1-3H3,(H,37,39). The van der Waals surface area contributed by atoms with Crippen LogP contribution in [0.4, 0.5) is 5.69 Å². The molecule has 1 aromatic heterocycles. The highest BCUT2D eigenvalue weighted by molar-refractivity contribution is 7.21. The van der Waals surface area contributed by atoms with Gasteiger partial charge in [-0.1, -0.05) is 112 Å². The summed E-state index contributed by atoms with van der Waals surface area (Å²) in [5, 5.41) is 6.11. The molecule has 6 rings (SSSR count). The van der Waals surface area contributed by atoms with E-state index >= 15 is 0 Å². The molecule has 0 saturated heterocycles. The van der Waals surface area contributed by atoms with Crippen LogP contribution in [0.3, 0.4) is 0 Å². The minimum atomic E-state index is -2.91. The van der Waals surface area contributed by atoms with Crippen LogP contribution in [0.5, 0.6) is 5.75 Å². The van der Waals surface area contributed by atoms with E-state index in [9.17, 15) is 4.79 Å². The maximum atomic E-state index is 13.1. The van der Waals surface area contributed by atoms with Crippen molar-refractivity contribution in [1.82, 2.24) is 4.98 Å². The number of nitrogens with zero attached hydrogens (tertiary/aromatic N) is 1. The van der Waals surface area contributed by atoms with E-state index in [0.717, 1.165) is 26.5 Å². The van der Waals surface area contributed by atoms with E-state index in [-0.39, 0.29) is 10.9 Å². The van der Waals surface area contributed by atoms with E-state index in [1.165, 1.54) is 10.4 Å². The van der Waals surface area contributed by atoms with Crippen molar-refractivity contribution in [1.29, 1.82) is 0 Å². The number of anilines is 1. The molecule has 0 unspecified atom stereocenters. The van der Waals surface area contributed by atoms with E-state index in [1.807, 2.05) is 78.9 Å². The van der Waals surface area contributed by atoms with Crippen LogP contribution in [0.1, 0.15) is 31.1 Å². The van der Waals surface area contributed by atoms with Crippen molar-refractivity contribution in [3.8, 4) is 16.3 Å². The molecule has 0 fully saturated rings. The molecule has 1 N–H and O–H groups in total. The number of fused-ring (bicyclic) bond motifs is 1. The molecule has 1 heterocycles. The summed E-state index contributed by atoms with van der Waals surface area (Å²) in [6.45, 7) is 6.81. The summed E-state index contributed by atoms with van der Waals surface area (Å²) in [5.41, 5.74) is 3.09. The first-order valence-corrected chi connectivity index (χ1v) is 16.7. The van der Waals surface area contributed by atoms with Crippen molar-refractivity contribution >= 4 is 51.8 Å². The van der Waals surface area contributed by atoms with Crippen LogP contribution in [-0.4, -0.2) is 19.2 Å². The SMILES string of the molecule is CC(C)(C)[Si](Oc1ccc(NC(=O)c2ccccc2)cc1-c1nc2ccccc2s1)(c1ccccc1)c1ccccc1. The minimum absolute atomic E-state index is 0.161. The largest absolute Gasteiger partial charge is 0.533 e. The number of thiazole rings is 1. The molecule has 0 spiro atoms. The molecule has 0 atom stereocenters. The van der Waals surface area contributed by atoms with E-state index < -0.39 is 8.32 Å². The van der Waals surface area contributed by atoms with Gasteiger partial charge in [0, 0.05) is 11.3 Å². The number of carbonyl (C=O) groups is 1. The summed E-state index contributed by atoms with van der Waals surface area (Å²) in [5.74, 6) is 0.590. The molecule has 6 heteroatoms. The molecule has 42 heavy (non-hydrogen) atoms. The van der Waals surface area contributed by atoms with Gasteiger partial charge in [0.25, 0.3) is 5.91 Å². The molecule has 4 nitrogen and oxygen atoms in total. The number of para-hydroxylation sites is 1. The highest BCUT2D eigenvalue weighted by Gasteiger charge is 2.52.